The number of hydrogen-bond donors (Lipinski definition) is 1. The van der Waals surface area contributed by atoms with E-state index in [0.29, 0.717) is 6.04 Å². The van der Waals surface area contributed by atoms with Gasteiger partial charge in [-0.15, -0.1) is 0 Å². The molecule has 118 valence electrons. The average molecular weight is 311 g/mol. The smallest absolute Gasteiger partial charge is 0.167 e. The molecule has 1 aromatic rings. The van der Waals surface area contributed by atoms with Crippen LogP contribution in [0, 0.1) is 0 Å². The van der Waals surface area contributed by atoms with Crippen LogP contribution >= 0.6 is 11.8 Å². The third-order valence-electron chi connectivity index (χ3n) is 4.44. The molecule has 0 radical (unpaired) electrons. The molecule has 0 amide bonds. The first-order valence-corrected chi connectivity index (χ1v) is 8.81. The van der Waals surface area contributed by atoms with E-state index in [2.05, 4.69) is 14.9 Å². The Morgan fingerprint density at radius 1 is 1.43 bits per heavy atom. The first kappa shape index (κ1) is 15.3. The zero-order chi connectivity index (χ0) is 14.5. The predicted octanol–water partition coefficient (Wildman–Crippen LogP) is 1.83. The number of aryl methyl sites for hydroxylation is 1. The van der Waals surface area contributed by atoms with Crippen molar-refractivity contribution < 1.29 is 9.47 Å². The highest BCUT2D eigenvalue weighted by Gasteiger charge is 2.38. The maximum Gasteiger partial charge on any atom is 0.167 e. The van der Waals surface area contributed by atoms with Crippen molar-refractivity contribution in [1.82, 2.24) is 14.9 Å². The fraction of sp³-hybridized carbons (Fsp3) is 0.800. The van der Waals surface area contributed by atoms with Crippen LogP contribution in [0.3, 0.4) is 0 Å². The van der Waals surface area contributed by atoms with Gasteiger partial charge in [-0.1, -0.05) is 11.8 Å². The van der Waals surface area contributed by atoms with Crippen molar-refractivity contribution in [2.75, 3.05) is 32.1 Å². The third kappa shape index (κ3) is 4.00. The van der Waals surface area contributed by atoms with E-state index in [1.54, 1.807) is 0 Å². The van der Waals surface area contributed by atoms with Gasteiger partial charge in [-0.25, -0.2) is 4.98 Å². The largest absolute Gasteiger partial charge is 0.381 e. The van der Waals surface area contributed by atoms with Gasteiger partial charge in [0.2, 0.25) is 0 Å². The van der Waals surface area contributed by atoms with Crippen LogP contribution in [-0.2, 0) is 16.5 Å². The Kier molecular flexibility index (Phi) is 5.21. The van der Waals surface area contributed by atoms with E-state index in [0.717, 1.165) is 63.0 Å². The summed E-state index contributed by atoms with van der Waals surface area (Å²) in [4.78, 5) is 4.33. The number of imidazole rings is 1. The molecule has 0 unspecified atom stereocenters. The highest BCUT2D eigenvalue weighted by Crippen LogP contribution is 2.34. The molecule has 2 aliphatic heterocycles. The molecule has 0 bridgehead atoms. The number of aromatic nitrogens is 2. The van der Waals surface area contributed by atoms with Crippen LogP contribution in [0.15, 0.2) is 17.6 Å². The Labute approximate surface area is 130 Å². The summed E-state index contributed by atoms with van der Waals surface area (Å²) in [7, 11) is 2.04. The third-order valence-corrected chi connectivity index (χ3v) is 5.50. The number of thioether (sulfide) groups is 1. The molecule has 3 heterocycles. The maximum atomic E-state index is 6.08. The molecule has 3 rings (SSSR count). The van der Waals surface area contributed by atoms with E-state index in [9.17, 15) is 0 Å². The lowest BCUT2D eigenvalue weighted by Gasteiger charge is -2.43. The summed E-state index contributed by atoms with van der Waals surface area (Å²) in [5, 5.41) is 4.78. The van der Waals surface area contributed by atoms with Crippen LogP contribution in [0.5, 0.6) is 0 Å². The van der Waals surface area contributed by atoms with Crippen LogP contribution in [0.2, 0.25) is 0 Å². The molecule has 2 saturated heterocycles. The summed E-state index contributed by atoms with van der Waals surface area (Å²) in [6.07, 6.45) is 8.19. The predicted molar refractivity (Wildman–Crippen MR) is 83.7 cm³/mol. The summed E-state index contributed by atoms with van der Waals surface area (Å²) >= 11 is 1.81. The lowest BCUT2D eigenvalue weighted by Crippen LogP contribution is -2.50. The van der Waals surface area contributed by atoms with Crippen molar-refractivity contribution in [3.63, 3.8) is 0 Å². The molecular weight excluding hydrogens is 286 g/mol. The molecule has 0 saturated carbocycles. The van der Waals surface area contributed by atoms with Crippen LogP contribution in [0.1, 0.15) is 25.7 Å². The summed E-state index contributed by atoms with van der Waals surface area (Å²) in [5.74, 6) is 1.05. The summed E-state index contributed by atoms with van der Waals surface area (Å²) in [6, 6.07) is 0.582. The van der Waals surface area contributed by atoms with Gasteiger partial charge < -0.3 is 19.4 Å². The van der Waals surface area contributed by atoms with Gasteiger partial charge in [-0.05, 0) is 25.7 Å². The first-order valence-electron chi connectivity index (χ1n) is 7.83. The minimum atomic E-state index is 0.0843. The molecule has 1 spiro atoms. The molecule has 1 N–H and O–H groups in total. The second-order valence-corrected chi connectivity index (χ2v) is 7.02. The number of nitrogens with one attached hydrogen (secondary N) is 1. The number of ether oxygens (including phenoxy) is 2. The summed E-state index contributed by atoms with van der Waals surface area (Å²) in [6.45, 7) is 3.60. The number of rotatable bonds is 5. The lowest BCUT2D eigenvalue weighted by molar-refractivity contribution is -0.140. The van der Waals surface area contributed by atoms with Crippen LogP contribution in [-0.4, -0.2) is 53.3 Å². The van der Waals surface area contributed by atoms with E-state index in [4.69, 9.17) is 9.47 Å². The van der Waals surface area contributed by atoms with Crippen molar-refractivity contribution in [1.29, 1.82) is 0 Å². The fourth-order valence-corrected chi connectivity index (χ4v) is 3.99. The van der Waals surface area contributed by atoms with Crippen molar-refractivity contribution in [3.05, 3.63) is 12.4 Å². The van der Waals surface area contributed by atoms with E-state index in [1.165, 1.54) is 0 Å². The van der Waals surface area contributed by atoms with Gasteiger partial charge in [-0.2, -0.15) is 0 Å². The molecule has 2 fully saturated rings. The Balaban J connectivity index is 1.40. The van der Waals surface area contributed by atoms with Crippen LogP contribution in [0.4, 0.5) is 0 Å². The van der Waals surface area contributed by atoms with Gasteiger partial charge in [0, 0.05) is 57.6 Å². The molecular formula is C15H25N3O2S. The molecule has 0 aliphatic carbocycles. The molecule has 0 aromatic carbocycles. The molecule has 6 heteroatoms. The van der Waals surface area contributed by atoms with Gasteiger partial charge >= 0.3 is 0 Å². The minimum Gasteiger partial charge on any atom is -0.381 e. The van der Waals surface area contributed by atoms with Crippen molar-refractivity contribution in [2.45, 2.75) is 42.5 Å². The normalized spacial score (nSPS) is 25.3. The first-order chi connectivity index (χ1) is 10.3. The second-order valence-electron chi connectivity index (χ2n) is 5.96. The van der Waals surface area contributed by atoms with Gasteiger partial charge in [0.05, 0.1) is 5.60 Å². The Hall–Kier alpha value is -0.560. The SMILES string of the molecule is Cn1ccnc1SCCN[C@@H]1CCOC2(CCOCC2)C1. The standard InChI is InChI=1S/C15H25N3O2S/c1-18-7-5-17-14(18)21-11-6-16-13-2-8-20-15(12-13)3-9-19-10-4-15/h5,7,13,16H,2-4,6,8-12H2,1H3/t13-/m1/s1. The topological polar surface area (TPSA) is 48.3 Å². The highest BCUT2D eigenvalue weighted by molar-refractivity contribution is 7.99. The van der Waals surface area contributed by atoms with Gasteiger partial charge in [0.1, 0.15) is 0 Å². The van der Waals surface area contributed by atoms with E-state index >= 15 is 0 Å². The van der Waals surface area contributed by atoms with Crippen LogP contribution in [0.25, 0.3) is 0 Å². The summed E-state index contributed by atoms with van der Waals surface area (Å²) < 4.78 is 13.6. The molecule has 2 aliphatic rings. The monoisotopic (exact) mass is 311 g/mol. The number of hydrogen-bond acceptors (Lipinski definition) is 5. The highest BCUT2D eigenvalue weighted by atomic mass is 32.2. The van der Waals surface area contributed by atoms with E-state index < -0.39 is 0 Å². The van der Waals surface area contributed by atoms with E-state index in [-0.39, 0.29) is 5.60 Å². The molecule has 1 aromatic heterocycles. The molecule has 5 nitrogen and oxygen atoms in total. The Morgan fingerprint density at radius 3 is 3.05 bits per heavy atom. The zero-order valence-electron chi connectivity index (χ0n) is 12.7. The lowest BCUT2D eigenvalue weighted by atomic mass is 9.84. The average Bonchev–Trinajstić information content (AvgIpc) is 2.90. The minimum absolute atomic E-state index is 0.0843. The maximum absolute atomic E-state index is 6.08. The van der Waals surface area contributed by atoms with Gasteiger partial charge in [-0.3, -0.25) is 0 Å². The fourth-order valence-electron chi connectivity index (χ4n) is 3.19. The van der Waals surface area contributed by atoms with Crippen LogP contribution < -0.4 is 5.32 Å². The van der Waals surface area contributed by atoms with Gasteiger partial charge in [0.25, 0.3) is 0 Å². The van der Waals surface area contributed by atoms with Gasteiger partial charge in [0.15, 0.2) is 5.16 Å². The number of nitrogens with zero attached hydrogens (tertiary/aromatic N) is 2. The second kappa shape index (κ2) is 7.13. The Morgan fingerprint density at radius 2 is 2.29 bits per heavy atom. The zero-order valence-corrected chi connectivity index (χ0v) is 13.5. The molecule has 21 heavy (non-hydrogen) atoms. The van der Waals surface area contributed by atoms with E-state index in [1.807, 2.05) is 31.2 Å². The van der Waals surface area contributed by atoms with Crippen molar-refractivity contribution >= 4 is 11.8 Å². The summed E-state index contributed by atoms with van der Waals surface area (Å²) in [5.41, 5.74) is 0.0843. The molecule has 1 atom stereocenters. The quantitative estimate of drug-likeness (QED) is 0.664. The Bertz CT molecular complexity index is 440. The van der Waals surface area contributed by atoms with Crippen molar-refractivity contribution in [2.24, 2.45) is 7.05 Å². The van der Waals surface area contributed by atoms with Crippen molar-refractivity contribution in [3.8, 4) is 0 Å².